The molecule has 28 heavy (non-hydrogen) atoms. The molecule has 0 radical (unpaired) electrons. The van der Waals surface area contributed by atoms with Crippen molar-refractivity contribution < 1.29 is 24.2 Å². The Kier molecular flexibility index (Phi) is 6.32. The second kappa shape index (κ2) is 8.89. The highest BCUT2D eigenvalue weighted by molar-refractivity contribution is 8.18. The molecule has 0 saturated carbocycles. The number of thiazole rings is 1. The molecule has 1 aliphatic heterocycles. The zero-order chi connectivity index (χ0) is 20.1. The minimum absolute atomic E-state index is 0.163. The maximum Gasteiger partial charge on any atom is 0.341 e. The number of likely N-dealkylation sites (N-methyl/N-ethyl adjacent to an activating group) is 1. The molecule has 10 heteroatoms. The molecule has 0 aliphatic carbocycles. The third kappa shape index (κ3) is 4.70. The number of benzene rings is 1. The summed E-state index contributed by atoms with van der Waals surface area (Å²) in [6, 6.07) is 5.06. The van der Waals surface area contributed by atoms with Gasteiger partial charge >= 0.3 is 5.97 Å². The normalized spacial score (nSPS) is 16.8. The van der Waals surface area contributed by atoms with E-state index in [0.29, 0.717) is 33.3 Å². The predicted molar refractivity (Wildman–Crippen MR) is 108 cm³/mol. The lowest BCUT2D eigenvalue weighted by Gasteiger charge is -2.11. The van der Waals surface area contributed by atoms with Crippen molar-refractivity contribution in [2.75, 3.05) is 20.3 Å². The van der Waals surface area contributed by atoms with E-state index in [1.165, 1.54) is 28.0 Å². The number of hydrogen-bond acceptors (Lipinski definition) is 8. The molecule has 8 nitrogen and oxygen atoms in total. The Labute approximate surface area is 169 Å². The summed E-state index contributed by atoms with van der Waals surface area (Å²) in [5.41, 5.74) is 0.728. The van der Waals surface area contributed by atoms with Gasteiger partial charge in [0.25, 0.3) is 5.91 Å². The lowest BCUT2D eigenvalue weighted by Crippen LogP contribution is -2.23. The molecule has 2 heterocycles. The van der Waals surface area contributed by atoms with Crippen molar-refractivity contribution in [2.45, 2.75) is 6.92 Å². The van der Waals surface area contributed by atoms with Crippen molar-refractivity contribution in [3.63, 3.8) is 0 Å². The second-order valence-electron chi connectivity index (χ2n) is 5.51. The van der Waals surface area contributed by atoms with E-state index in [9.17, 15) is 9.59 Å². The summed E-state index contributed by atoms with van der Waals surface area (Å²) in [7, 11) is 1.66. The molecule has 3 rings (SSSR count). The van der Waals surface area contributed by atoms with E-state index in [1.807, 2.05) is 12.3 Å². The van der Waals surface area contributed by atoms with Gasteiger partial charge in [0.2, 0.25) is 5.13 Å². The number of carboxylic acid groups (broad SMARTS) is 1. The van der Waals surface area contributed by atoms with E-state index in [1.54, 1.807) is 37.5 Å². The van der Waals surface area contributed by atoms with Gasteiger partial charge in [0, 0.05) is 18.6 Å². The van der Waals surface area contributed by atoms with Gasteiger partial charge in [0.05, 0.1) is 11.5 Å². The average molecular weight is 419 g/mol. The van der Waals surface area contributed by atoms with Crippen LogP contribution in [0.2, 0.25) is 0 Å². The van der Waals surface area contributed by atoms with Crippen molar-refractivity contribution in [3.8, 4) is 11.5 Å². The molecule has 0 unspecified atom stereocenters. The number of rotatable bonds is 7. The molecule has 2 aromatic rings. The largest absolute Gasteiger partial charge is 0.490 e. The van der Waals surface area contributed by atoms with Crippen molar-refractivity contribution in [2.24, 2.45) is 4.99 Å². The van der Waals surface area contributed by atoms with Crippen molar-refractivity contribution >= 4 is 51.4 Å². The fraction of sp³-hybridized carbons (Fsp3) is 0.222. The zero-order valence-corrected chi connectivity index (χ0v) is 16.7. The summed E-state index contributed by atoms with van der Waals surface area (Å²) in [4.78, 5) is 33.7. The van der Waals surface area contributed by atoms with Crippen molar-refractivity contribution in [1.82, 2.24) is 9.88 Å². The SMILES string of the molecule is CCOc1cc(/C=C2/S/C(=N/c3nccs3)N(C)C2=O)ccc1OCC(=O)O. The van der Waals surface area contributed by atoms with Crippen LogP contribution in [-0.4, -0.2) is 52.3 Å². The van der Waals surface area contributed by atoms with Gasteiger partial charge in [-0.15, -0.1) is 11.3 Å². The predicted octanol–water partition coefficient (Wildman–Crippen LogP) is 3.24. The van der Waals surface area contributed by atoms with Crippen LogP contribution in [0.1, 0.15) is 12.5 Å². The van der Waals surface area contributed by atoms with Crippen LogP contribution in [0, 0.1) is 0 Å². The number of nitrogens with zero attached hydrogens (tertiary/aromatic N) is 3. The molecule has 1 N–H and O–H groups in total. The molecule has 1 saturated heterocycles. The molecule has 0 atom stereocenters. The van der Waals surface area contributed by atoms with Crippen LogP contribution in [0.5, 0.6) is 11.5 Å². The quantitative estimate of drug-likeness (QED) is 0.688. The summed E-state index contributed by atoms with van der Waals surface area (Å²) in [6.45, 7) is 1.75. The molecule has 0 bridgehead atoms. The Bertz CT molecular complexity index is 941. The first-order valence-electron chi connectivity index (χ1n) is 8.25. The Morgan fingerprint density at radius 1 is 1.36 bits per heavy atom. The number of amides is 1. The summed E-state index contributed by atoms with van der Waals surface area (Å²) in [5.74, 6) is -0.486. The van der Waals surface area contributed by atoms with Crippen LogP contribution in [0.15, 0.2) is 39.7 Å². The van der Waals surface area contributed by atoms with E-state index in [2.05, 4.69) is 9.98 Å². The average Bonchev–Trinajstić information content (AvgIpc) is 3.26. The fourth-order valence-corrected chi connectivity index (χ4v) is 3.83. The lowest BCUT2D eigenvalue weighted by atomic mass is 10.2. The van der Waals surface area contributed by atoms with Gasteiger partial charge in [-0.3, -0.25) is 9.69 Å². The Morgan fingerprint density at radius 2 is 2.18 bits per heavy atom. The lowest BCUT2D eigenvalue weighted by molar-refractivity contribution is -0.139. The van der Waals surface area contributed by atoms with Crippen LogP contribution < -0.4 is 9.47 Å². The minimum atomic E-state index is -1.07. The number of aliphatic carboxylic acids is 1. The number of thioether (sulfide) groups is 1. The van der Waals surface area contributed by atoms with E-state index in [0.717, 1.165) is 5.56 Å². The fourth-order valence-electron chi connectivity index (χ4n) is 2.30. The first-order chi connectivity index (χ1) is 13.5. The smallest absolute Gasteiger partial charge is 0.341 e. The monoisotopic (exact) mass is 419 g/mol. The maximum atomic E-state index is 12.5. The van der Waals surface area contributed by atoms with Gasteiger partial charge in [-0.05, 0) is 42.5 Å². The molecule has 1 aliphatic rings. The van der Waals surface area contributed by atoms with Crippen LogP contribution in [0.3, 0.4) is 0 Å². The van der Waals surface area contributed by atoms with Crippen LogP contribution in [-0.2, 0) is 9.59 Å². The molecule has 1 amide bonds. The summed E-state index contributed by atoms with van der Waals surface area (Å²) in [5, 5.41) is 11.7. The minimum Gasteiger partial charge on any atom is -0.490 e. The van der Waals surface area contributed by atoms with Crippen LogP contribution in [0.4, 0.5) is 5.13 Å². The molecular formula is C18H17N3O5S2. The number of aromatic nitrogens is 1. The highest BCUT2D eigenvalue weighted by Crippen LogP contribution is 2.35. The molecule has 146 valence electrons. The maximum absolute atomic E-state index is 12.5. The van der Waals surface area contributed by atoms with E-state index < -0.39 is 12.6 Å². The first-order valence-corrected chi connectivity index (χ1v) is 9.94. The second-order valence-corrected chi connectivity index (χ2v) is 7.39. The zero-order valence-electron chi connectivity index (χ0n) is 15.1. The highest BCUT2D eigenvalue weighted by atomic mass is 32.2. The number of ether oxygens (including phenoxy) is 2. The molecule has 0 spiro atoms. The number of hydrogen-bond donors (Lipinski definition) is 1. The van der Waals surface area contributed by atoms with Gasteiger partial charge in [-0.25, -0.2) is 9.78 Å². The standard InChI is InChI=1S/C18H17N3O5S2/c1-3-25-13-8-11(4-5-12(13)26-10-15(22)23)9-14-16(24)21(2)18(28-14)20-17-19-6-7-27-17/h4-9H,3,10H2,1-2H3,(H,22,23)/b14-9+,20-18+. The van der Waals surface area contributed by atoms with Crippen LogP contribution >= 0.6 is 23.1 Å². The first kappa shape index (κ1) is 19.9. The van der Waals surface area contributed by atoms with Gasteiger partial charge < -0.3 is 14.6 Å². The molecule has 1 aromatic carbocycles. The van der Waals surface area contributed by atoms with Gasteiger partial charge in [0.1, 0.15) is 0 Å². The number of carbonyl (C=O) groups excluding carboxylic acids is 1. The Hall–Kier alpha value is -2.85. The number of aliphatic imine (C=N–C) groups is 1. The summed E-state index contributed by atoms with van der Waals surface area (Å²) < 4.78 is 10.8. The Morgan fingerprint density at radius 3 is 2.86 bits per heavy atom. The highest BCUT2D eigenvalue weighted by Gasteiger charge is 2.30. The van der Waals surface area contributed by atoms with Crippen molar-refractivity contribution in [3.05, 3.63) is 40.2 Å². The van der Waals surface area contributed by atoms with E-state index in [-0.39, 0.29) is 5.91 Å². The van der Waals surface area contributed by atoms with Gasteiger partial charge in [0.15, 0.2) is 23.3 Å². The molecule has 1 fully saturated rings. The number of carboxylic acids is 1. The molecular weight excluding hydrogens is 402 g/mol. The van der Waals surface area contributed by atoms with E-state index in [4.69, 9.17) is 14.6 Å². The van der Waals surface area contributed by atoms with Gasteiger partial charge in [-0.2, -0.15) is 4.99 Å². The number of carbonyl (C=O) groups is 2. The topological polar surface area (TPSA) is 101 Å². The van der Waals surface area contributed by atoms with Crippen molar-refractivity contribution in [1.29, 1.82) is 0 Å². The molecule has 1 aromatic heterocycles. The van der Waals surface area contributed by atoms with Gasteiger partial charge in [-0.1, -0.05) is 6.07 Å². The summed E-state index contributed by atoms with van der Waals surface area (Å²) in [6.07, 6.45) is 3.39. The third-order valence-electron chi connectivity index (χ3n) is 3.53. The number of amidine groups is 1. The summed E-state index contributed by atoms with van der Waals surface area (Å²) >= 11 is 2.65. The Balaban J connectivity index is 1.85. The van der Waals surface area contributed by atoms with Crippen LogP contribution in [0.25, 0.3) is 6.08 Å². The third-order valence-corrected chi connectivity index (χ3v) is 5.26. The van der Waals surface area contributed by atoms with E-state index >= 15 is 0 Å².